The topological polar surface area (TPSA) is 23.5 Å². The quantitative estimate of drug-likeness (QED) is 0.867. The van der Waals surface area contributed by atoms with Crippen LogP contribution in [0, 0.1) is 13.8 Å². The van der Waals surface area contributed by atoms with E-state index < -0.39 is 0 Å². The van der Waals surface area contributed by atoms with Gasteiger partial charge in [0.15, 0.2) is 0 Å². The predicted molar refractivity (Wildman–Crippen MR) is 71.2 cm³/mol. The Labute approximate surface area is 104 Å². The molecule has 1 fully saturated rings. The number of aliphatic hydroxyl groups is 1. The number of likely N-dealkylation sites (tertiary alicyclic amines) is 1. The summed E-state index contributed by atoms with van der Waals surface area (Å²) in [5.74, 6) is 0. The summed E-state index contributed by atoms with van der Waals surface area (Å²) in [4.78, 5) is 2.38. The summed E-state index contributed by atoms with van der Waals surface area (Å²) in [5, 5.41) is 10.3. The number of nitrogens with zero attached hydrogens (tertiary/aromatic N) is 1. The number of hydrogen-bond acceptors (Lipinski definition) is 2. The molecule has 0 aliphatic carbocycles. The summed E-state index contributed by atoms with van der Waals surface area (Å²) < 4.78 is 0. The van der Waals surface area contributed by atoms with Gasteiger partial charge in [0.25, 0.3) is 0 Å². The number of hydrogen-bond donors (Lipinski definition) is 1. The van der Waals surface area contributed by atoms with Crippen molar-refractivity contribution in [2.45, 2.75) is 39.2 Å². The smallest absolute Gasteiger partial charge is 0.0917 e. The fraction of sp³-hybridized carbons (Fsp3) is 0.600. The second-order valence-electron chi connectivity index (χ2n) is 5.30. The van der Waals surface area contributed by atoms with E-state index in [4.69, 9.17) is 0 Å². The van der Waals surface area contributed by atoms with Gasteiger partial charge in [0, 0.05) is 6.54 Å². The van der Waals surface area contributed by atoms with Crippen LogP contribution in [-0.4, -0.2) is 29.6 Å². The van der Waals surface area contributed by atoms with Gasteiger partial charge in [0.1, 0.15) is 0 Å². The third kappa shape index (κ3) is 3.55. The van der Waals surface area contributed by atoms with E-state index in [1.54, 1.807) is 0 Å². The zero-order valence-electron chi connectivity index (χ0n) is 10.9. The van der Waals surface area contributed by atoms with Crippen molar-refractivity contribution in [2.75, 3.05) is 19.6 Å². The highest BCUT2D eigenvalue weighted by Gasteiger charge is 2.16. The molecule has 0 bridgehead atoms. The van der Waals surface area contributed by atoms with Gasteiger partial charge < -0.3 is 10.0 Å². The van der Waals surface area contributed by atoms with E-state index in [9.17, 15) is 5.11 Å². The first-order chi connectivity index (χ1) is 8.15. The molecule has 0 aromatic heterocycles. The molecule has 1 heterocycles. The number of aryl methyl sites for hydroxylation is 2. The second kappa shape index (κ2) is 5.65. The minimum atomic E-state index is -0.341. The van der Waals surface area contributed by atoms with Gasteiger partial charge >= 0.3 is 0 Å². The molecule has 2 rings (SSSR count). The van der Waals surface area contributed by atoms with E-state index in [-0.39, 0.29) is 6.10 Å². The normalized spacial score (nSPS) is 19.2. The van der Waals surface area contributed by atoms with Crippen molar-refractivity contribution in [3.05, 3.63) is 34.9 Å². The highest BCUT2D eigenvalue weighted by Crippen LogP contribution is 2.19. The first-order valence-electron chi connectivity index (χ1n) is 6.64. The average molecular weight is 233 g/mol. The van der Waals surface area contributed by atoms with Crippen LogP contribution in [0.2, 0.25) is 0 Å². The molecule has 0 spiro atoms. The van der Waals surface area contributed by atoms with Crippen molar-refractivity contribution in [3.8, 4) is 0 Å². The van der Waals surface area contributed by atoms with E-state index in [1.807, 2.05) is 0 Å². The maximum absolute atomic E-state index is 10.3. The van der Waals surface area contributed by atoms with E-state index >= 15 is 0 Å². The van der Waals surface area contributed by atoms with E-state index in [2.05, 4.69) is 36.9 Å². The Kier molecular flexibility index (Phi) is 4.19. The lowest BCUT2D eigenvalue weighted by atomic mass is 10.0. The van der Waals surface area contributed by atoms with Crippen LogP contribution < -0.4 is 0 Å². The minimum Gasteiger partial charge on any atom is -0.387 e. The van der Waals surface area contributed by atoms with Crippen LogP contribution in [0.5, 0.6) is 0 Å². The third-order valence-electron chi connectivity index (χ3n) is 3.51. The fourth-order valence-corrected chi connectivity index (χ4v) is 2.69. The molecule has 0 amide bonds. The second-order valence-corrected chi connectivity index (χ2v) is 5.30. The molecule has 1 N–H and O–H groups in total. The molecular formula is C15H23NO. The van der Waals surface area contributed by atoms with Crippen molar-refractivity contribution in [3.63, 3.8) is 0 Å². The van der Waals surface area contributed by atoms with Crippen LogP contribution in [-0.2, 0) is 0 Å². The van der Waals surface area contributed by atoms with Gasteiger partial charge in [-0.1, -0.05) is 35.7 Å². The molecule has 2 heteroatoms. The minimum absolute atomic E-state index is 0.341. The van der Waals surface area contributed by atoms with Crippen molar-refractivity contribution >= 4 is 0 Å². The van der Waals surface area contributed by atoms with Crippen LogP contribution in [0.1, 0.15) is 42.1 Å². The number of β-amino-alcohol motifs (C(OH)–C–C–N with tert-alkyl or cyclic N) is 1. The fourth-order valence-electron chi connectivity index (χ4n) is 2.69. The lowest BCUT2D eigenvalue weighted by Gasteiger charge is -2.28. The monoisotopic (exact) mass is 233 g/mol. The Bertz CT molecular complexity index is 349. The molecular weight excluding hydrogens is 210 g/mol. The molecule has 1 aromatic carbocycles. The highest BCUT2D eigenvalue weighted by molar-refractivity contribution is 5.30. The molecule has 17 heavy (non-hydrogen) atoms. The Morgan fingerprint density at radius 1 is 1.06 bits per heavy atom. The van der Waals surface area contributed by atoms with Crippen LogP contribution in [0.15, 0.2) is 18.2 Å². The summed E-state index contributed by atoms with van der Waals surface area (Å²) in [6, 6.07) is 6.35. The van der Waals surface area contributed by atoms with Gasteiger partial charge in [-0.05, 0) is 45.3 Å². The van der Waals surface area contributed by atoms with Crippen molar-refractivity contribution in [1.29, 1.82) is 0 Å². The van der Waals surface area contributed by atoms with Gasteiger partial charge in [0.05, 0.1) is 6.10 Å². The molecule has 94 valence electrons. The van der Waals surface area contributed by atoms with Gasteiger partial charge in [0.2, 0.25) is 0 Å². The van der Waals surface area contributed by atoms with Crippen molar-refractivity contribution in [2.24, 2.45) is 0 Å². The van der Waals surface area contributed by atoms with E-state index in [0.29, 0.717) is 0 Å². The Hall–Kier alpha value is -0.860. The lowest BCUT2D eigenvalue weighted by molar-refractivity contribution is 0.101. The van der Waals surface area contributed by atoms with Crippen LogP contribution in [0.25, 0.3) is 0 Å². The zero-order chi connectivity index (χ0) is 12.3. The predicted octanol–water partition coefficient (Wildman–Crippen LogP) is 2.82. The molecule has 1 saturated heterocycles. The maximum Gasteiger partial charge on any atom is 0.0917 e. The van der Waals surface area contributed by atoms with Crippen molar-refractivity contribution in [1.82, 2.24) is 4.90 Å². The molecule has 0 radical (unpaired) electrons. The zero-order valence-corrected chi connectivity index (χ0v) is 10.9. The maximum atomic E-state index is 10.3. The van der Waals surface area contributed by atoms with Gasteiger partial charge in [-0.25, -0.2) is 0 Å². The molecule has 1 aliphatic heterocycles. The standard InChI is InChI=1S/C15H23NO/c1-12-8-13(2)10-14(9-12)15(17)11-16-6-4-3-5-7-16/h8-10,15,17H,3-7,11H2,1-2H3. The van der Waals surface area contributed by atoms with E-state index in [0.717, 1.165) is 25.2 Å². The molecule has 0 saturated carbocycles. The average Bonchev–Trinajstić information content (AvgIpc) is 2.29. The summed E-state index contributed by atoms with van der Waals surface area (Å²) in [6.07, 6.45) is 3.56. The number of piperidine rings is 1. The van der Waals surface area contributed by atoms with Crippen LogP contribution in [0.3, 0.4) is 0 Å². The molecule has 1 unspecified atom stereocenters. The molecule has 1 aromatic rings. The lowest BCUT2D eigenvalue weighted by Crippen LogP contribution is -2.33. The molecule has 1 atom stereocenters. The third-order valence-corrected chi connectivity index (χ3v) is 3.51. The van der Waals surface area contributed by atoms with Crippen molar-refractivity contribution < 1.29 is 5.11 Å². The summed E-state index contributed by atoms with van der Waals surface area (Å²) in [6.45, 7) is 7.24. The molecule has 1 aliphatic rings. The SMILES string of the molecule is Cc1cc(C)cc(C(O)CN2CCCCC2)c1. The number of benzene rings is 1. The van der Waals surface area contributed by atoms with Gasteiger partial charge in [-0.15, -0.1) is 0 Å². The number of aliphatic hydroxyl groups excluding tert-OH is 1. The summed E-state index contributed by atoms with van der Waals surface area (Å²) >= 11 is 0. The first kappa shape index (κ1) is 12.6. The highest BCUT2D eigenvalue weighted by atomic mass is 16.3. The van der Waals surface area contributed by atoms with E-state index in [1.165, 1.54) is 30.4 Å². The largest absolute Gasteiger partial charge is 0.387 e. The Morgan fingerprint density at radius 3 is 2.24 bits per heavy atom. The Balaban J connectivity index is 2.00. The number of rotatable bonds is 3. The van der Waals surface area contributed by atoms with Crippen LogP contribution in [0.4, 0.5) is 0 Å². The van der Waals surface area contributed by atoms with Crippen LogP contribution >= 0.6 is 0 Å². The summed E-state index contributed by atoms with van der Waals surface area (Å²) in [7, 11) is 0. The van der Waals surface area contributed by atoms with Gasteiger partial charge in [-0.2, -0.15) is 0 Å². The van der Waals surface area contributed by atoms with Gasteiger partial charge in [-0.3, -0.25) is 0 Å². The molecule has 2 nitrogen and oxygen atoms in total. The first-order valence-corrected chi connectivity index (χ1v) is 6.64. The summed E-state index contributed by atoms with van der Waals surface area (Å²) in [5.41, 5.74) is 3.53. The Morgan fingerprint density at radius 2 is 1.65 bits per heavy atom.